The summed E-state index contributed by atoms with van der Waals surface area (Å²) in [6.07, 6.45) is 4.22. The van der Waals surface area contributed by atoms with Crippen LogP contribution >= 0.6 is 0 Å². The van der Waals surface area contributed by atoms with Crippen molar-refractivity contribution in [2.24, 2.45) is 0 Å². The van der Waals surface area contributed by atoms with Gasteiger partial charge in [-0.2, -0.15) is 0 Å². The SMILES string of the molecule is CCCC(C)(CO)NC(=O)NCCc1ccc(C)nc1. The van der Waals surface area contributed by atoms with Gasteiger partial charge in [-0.3, -0.25) is 4.98 Å². The van der Waals surface area contributed by atoms with Gasteiger partial charge < -0.3 is 15.7 Å². The molecule has 1 heterocycles. The lowest BCUT2D eigenvalue weighted by atomic mass is 9.98. The van der Waals surface area contributed by atoms with Crippen LogP contribution < -0.4 is 10.6 Å². The van der Waals surface area contributed by atoms with Gasteiger partial charge in [-0.05, 0) is 38.3 Å². The molecule has 0 saturated carbocycles. The Kier molecular flexibility index (Phi) is 6.45. The lowest BCUT2D eigenvalue weighted by Gasteiger charge is -2.28. The summed E-state index contributed by atoms with van der Waals surface area (Å²) in [6, 6.07) is 3.73. The van der Waals surface area contributed by atoms with E-state index in [4.69, 9.17) is 0 Å². The molecule has 1 atom stereocenters. The van der Waals surface area contributed by atoms with Gasteiger partial charge in [0.2, 0.25) is 0 Å². The van der Waals surface area contributed by atoms with E-state index in [1.54, 1.807) is 0 Å². The normalized spacial score (nSPS) is 13.6. The van der Waals surface area contributed by atoms with Crippen molar-refractivity contribution in [1.29, 1.82) is 0 Å². The van der Waals surface area contributed by atoms with E-state index in [0.717, 1.165) is 30.5 Å². The summed E-state index contributed by atoms with van der Waals surface area (Å²) in [5, 5.41) is 15.0. The molecule has 1 unspecified atom stereocenters. The van der Waals surface area contributed by atoms with Crippen LogP contribution in [0.15, 0.2) is 18.3 Å². The summed E-state index contributed by atoms with van der Waals surface area (Å²) in [4.78, 5) is 16.0. The topological polar surface area (TPSA) is 74.2 Å². The summed E-state index contributed by atoms with van der Waals surface area (Å²) < 4.78 is 0. The molecule has 20 heavy (non-hydrogen) atoms. The fraction of sp³-hybridized carbons (Fsp3) is 0.600. The van der Waals surface area contributed by atoms with Crippen molar-refractivity contribution < 1.29 is 9.90 Å². The number of amides is 2. The second kappa shape index (κ2) is 7.85. The maximum absolute atomic E-state index is 11.8. The smallest absolute Gasteiger partial charge is 0.315 e. The highest BCUT2D eigenvalue weighted by Gasteiger charge is 2.24. The minimum absolute atomic E-state index is 0.0594. The van der Waals surface area contributed by atoms with Crippen molar-refractivity contribution in [3.8, 4) is 0 Å². The fourth-order valence-corrected chi connectivity index (χ4v) is 2.02. The first-order valence-electron chi connectivity index (χ1n) is 7.07. The molecule has 0 saturated heterocycles. The number of aliphatic hydroxyl groups excluding tert-OH is 1. The molecular formula is C15H25N3O2. The van der Waals surface area contributed by atoms with Crippen molar-refractivity contribution in [1.82, 2.24) is 15.6 Å². The van der Waals surface area contributed by atoms with Crippen LogP contribution in [0.5, 0.6) is 0 Å². The lowest BCUT2D eigenvalue weighted by molar-refractivity contribution is 0.163. The molecule has 0 fully saturated rings. The zero-order valence-corrected chi connectivity index (χ0v) is 12.6. The van der Waals surface area contributed by atoms with E-state index in [1.807, 2.05) is 39.1 Å². The first-order chi connectivity index (χ1) is 9.49. The Morgan fingerprint density at radius 2 is 2.20 bits per heavy atom. The minimum atomic E-state index is -0.551. The highest BCUT2D eigenvalue weighted by Crippen LogP contribution is 2.10. The Balaban J connectivity index is 2.34. The van der Waals surface area contributed by atoms with Crippen LogP contribution in [-0.2, 0) is 6.42 Å². The summed E-state index contributed by atoms with van der Waals surface area (Å²) in [7, 11) is 0. The van der Waals surface area contributed by atoms with Crippen molar-refractivity contribution in [3.63, 3.8) is 0 Å². The summed E-state index contributed by atoms with van der Waals surface area (Å²) in [5.41, 5.74) is 1.52. The maximum Gasteiger partial charge on any atom is 0.315 e. The third-order valence-electron chi connectivity index (χ3n) is 3.24. The van der Waals surface area contributed by atoms with Crippen LogP contribution in [0.1, 0.15) is 37.9 Å². The zero-order valence-electron chi connectivity index (χ0n) is 12.6. The van der Waals surface area contributed by atoms with Gasteiger partial charge in [0.1, 0.15) is 0 Å². The average molecular weight is 279 g/mol. The van der Waals surface area contributed by atoms with E-state index in [0.29, 0.717) is 6.54 Å². The molecule has 3 N–H and O–H groups in total. The molecule has 0 aliphatic heterocycles. The van der Waals surface area contributed by atoms with Crippen LogP contribution in [0, 0.1) is 6.92 Å². The van der Waals surface area contributed by atoms with Crippen LogP contribution in [0.3, 0.4) is 0 Å². The van der Waals surface area contributed by atoms with E-state index >= 15 is 0 Å². The van der Waals surface area contributed by atoms with E-state index < -0.39 is 5.54 Å². The molecular weight excluding hydrogens is 254 g/mol. The number of carbonyl (C=O) groups excluding carboxylic acids is 1. The molecule has 1 aromatic rings. The molecule has 1 rings (SSSR count). The standard InChI is InChI=1S/C15H25N3O2/c1-4-8-15(3,11-19)18-14(20)16-9-7-13-6-5-12(2)17-10-13/h5-6,10,19H,4,7-9,11H2,1-3H3,(H2,16,18,20). The van der Waals surface area contributed by atoms with Crippen molar-refractivity contribution in [3.05, 3.63) is 29.6 Å². The lowest BCUT2D eigenvalue weighted by Crippen LogP contribution is -2.52. The molecule has 0 radical (unpaired) electrons. The molecule has 112 valence electrons. The van der Waals surface area contributed by atoms with Gasteiger partial charge in [-0.1, -0.05) is 19.4 Å². The number of hydrogen-bond acceptors (Lipinski definition) is 3. The number of rotatable bonds is 7. The first-order valence-corrected chi connectivity index (χ1v) is 7.07. The maximum atomic E-state index is 11.8. The van der Waals surface area contributed by atoms with Gasteiger partial charge in [0.25, 0.3) is 0 Å². The molecule has 5 heteroatoms. The first kappa shape index (κ1) is 16.4. The molecule has 0 bridgehead atoms. The number of urea groups is 1. The Morgan fingerprint density at radius 3 is 2.75 bits per heavy atom. The van der Waals surface area contributed by atoms with Crippen LogP contribution in [0.2, 0.25) is 0 Å². The van der Waals surface area contributed by atoms with Crippen molar-refractivity contribution in [2.45, 2.75) is 45.6 Å². The quantitative estimate of drug-likeness (QED) is 0.712. The van der Waals surface area contributed by atoms with Crippen molar-refractivity contribution >= 4 is 6.03 Å². The van der Waals surface area contributed by atoms with Crippen LogP contribution in [0.4, 0.5) is 4.79 Å². The van der Waals surface area contributed by atoms with Gasteiger partial charge >= 0.3 is 6.03 Å². The fourth-order valence-electron chi connectivity index (χ4n) is 2.02. The Bertz CT molecular complexity index is 420. The molecule has 0 aliphatic carbocycles. The van der Waals surface area contributed by atoms with E-state index in [1.165, 1.54) is 0 Å². The number of aromatic nitrogens is 1. The van der Waals surface area contributed by atoms with Gasteiger partial charge in [0.05, 0.1) is 12.1 Å². The zero-order chi connectivity index (χ0) is 15.0. The predicted molar refractivity (Wildman–Crippen MR) is 79.6 cm³/mol. The van der Waals surface area contributed by atoms with Gasteiger partial charge in [-0.15, -0.1) is 0 Å². The Morgan fingerprint density at radius 1 is 1.45 bits per heavy atom. The molecule has 0 aliphatic rings. The molecule has 0 aromatic carbocycles. The number of aryl methyl sites for hydroxylation is 1. The second-order valence-corrected chi connectivity index (χ2v) is 5.41. The predicted octanol–water partition coefficient (Wildman–Crippen LogP) is 1.78. The number of nitrogens with zero attached hydrogens (tertiary/aromatic N) is 1. The summed E-state index contributed by atoms with van der Waals surface area (Å²) >= 11 is 0. The molecule has 2 amide bonds. The summed E-state index contributed by atoms with van der Waals surface area (Å²) in [5.74, 6) is 0. The van der Waals surface area contributed by atoms with Gasteiger partial charge in [0.15, 0.2) is 0 Å². The molecule has 1 aromatic heterocycles. The van der Waals surface area contributed by atoms with Crippen LogP contribution in [0.25, 0.3) is 0 Å². The largest absolute Gasteiger partial charge is 0.394 e. The van der Waals surface area contributed by atoms with Gasteiger partial charge in [-0.25, -0.2) is 4.79 Å². The second-order valence-electron chi connectivity index (χ2n) is 5.41. The minimum Gasteiger partial charge on any atom is -0.394 e. The van der Waals surface area contributed by atoms with Crippen molar-refractivity contribution in [2.75, 3.05) is 13.2 Å². The monoisotopic (exact) mass is 279 g/mol. The highest BCUT2D eigenvalue weighted by molar-refractivity contribution is 5.74. The summed E-state index contributed by atoms with van der Waals surface area (Å²) in [6.45, 7) is 6.30. The number of hydrogen-bond donors (Lipinski definition) is 3. The number of pyridine rings is 1. The number of carbonyl (C=O) groups is 1. The van der Waals surface area contributed by atoms with E-state index in [9.17, 15) is 9.90 Å². The number of aliphatic hydroxyl groups is 1. The van der Waals surface area contributed by atoms with Gasteiger partial charge in [0, 0.05) is 18.4 Å². The Hall–Kier alpha value is -1.62. The Labute approximate surface area is 120 Å². The average Bonchev–Trinajstić information content (AvgIpc) is 2.41. The number of nitrogens with one attached hydrogen (secondary N) is 2. The molecule has 0 spiro atoms. The highest BCUT2D eigenvalue weighted by atomic mass is 16.3. The van der Waals surface area contributed by atoms with E-state index in [2.05, 4.69) is 15.6 Å². The van der Waals surface area contributed by atoms with E-state index in [-0.39, 0.29) is 12.6 Å². The van der Waals surface area contributed by atoms with Crippen LogP contribution in [-0.4, -0.2) is 34.8 Å². The third kappa shape index (κ3) is 5.57. The molecule has 5 nitrogen and oxygen atoms in total. The third-order valence-corrected chi connectivity index (χ3v) is 3.24.